The van der Waals surface area contributed by atoms with Crippen molar-refractivity contribution >= 4 is 11.7 Å². The van der Waals surface area contributed by atoms with Gasteiger partial charge in [-0.1, -0.05) is 12.1 Å². The molecule has 1 unspecified atom stereocenters. The molecule has 1 aromatic heterocycles. The zero-order valence-corrected chi connectivity index (χ0v) is 10.2. The molecule has 0 radical (unpaired) electrons. The number of pyridine rings is 1. The first-order chi connectivity index (χ1) is 8.13. The van der Waals surface area contributed by atoms with E-state index in [1.165, 1.54) is 0 Å². The average molecular weight is 234 g/mol. The molecule has 5 heteroatoms. The van der Waals surface area contributed by atoms with Gasteiger partial charge in [0.1, 0.15) is 5.82 Å². The van der Waals surface area contributed by atoms with Crippen LogP contribution in [0.1, 0.15) is 24.5 Å². The van der Waals surface area contributed by atoms with Crippen molar-refractivity contribution in [3.63, 3.8) is 0 Å². The first-order valence-corrected chi connectivity index (χ1v) is 5.82. The molecule has 1 saturated heterocycles. The summed E-state index contributed by atoms with van der Waals surface area (Å²) in [6.07, 6.45) is 2.92. The SMILES string of the molecule is Cc1ccnc(N2CCC(C)C2)c1/C(N)=N/O. The minimum Gasteiger partial charge on any atom is -0.409 e. The Morgan fingerprint density at radius 1 is 1.65 bits per heavy atom. The van der Waals surface area contributed by atoms with E-state index in [1.807, 2.05) is 13.0 Å². The molecule has 2 heterocycles. The number of amidine groups is 1. The van der Waals surface area contributed by atoms with E-state index in [-0.39, 0.29) is 5.84 Å². The van der Waals surface area contributed by atoms with Gasteiger partial charge in [0.2, 0.25) is 0 Å². The molecule has 0 aliphatic carbocycles. The lowest BCUT2D eigenvalue weighted by Gasteiger charge is -2.21. The summed E-state index contributed by atoms with van der Waals surface area (Å²) in [4.78, 5) is 6.58. The Labute approximate surface area is 101 Å². The van der Waals surface area contributed by atoms with Crippen LogP contribution in [0.2, 0.25) is 0 Å². The number of hydrogen-bond donors (Lipinski definition) is 2. The molecule has 5 nitrogen and oxygen atoms in total. The van der Waals surface area contributed by atoms with Crippen LogP contribution in [0.3, 0.4) is 0 Å². The van der Waals surface area contributed by atoms with Crippen LogP contribution in [-0.4, -0.2) is 29.1 Å². The largest absolute Gasteiger partial charge is 0.409 e. The van der Waals surface area contributed by atoms with E-state index < -0.39 is 0 Å². The van der Waals surface area contributed by atoms with Crippen LogP contribution in [0.15, 0.2) is 17.4 Å². The summed E-state index contributed by atoms with van der Waals surface area (Å²) < 4.78 is 0. The van der Waals surface area contributed by atoms with Crippen LogP contribution < -0.4 is 10.6 Å². The second kappa shape index (κ2) is 4.61. The maximum absolute atomic E-state index is 8.85. The van der Waals surface area contributed by atoms with Gasteiger partial charge in [0.05, 0.1) is 5.56 Å². The summed E-state index contributed by atoms with van der Waals surface area (Å²) in [6.45, 7) is 6.11. The molecule has 1 fully saturated rings. The molecule has 0 spiro atoms. The number of nitrogens with two attached hydrogens (primary N) is 1. The van der Waals surface area contributed by atoms with Crippen molar-refractivity contribution in [1.82, 2.24) is 4.98 Å². The molecule has 1 aliphatic heterocycles. The maximum atomic E-state index is 8.85. The van der Waals surface area contributed by atoms with Crippen LogP contribution in [0.4, 0.5) is 5.82 Å². The quantitative estimate of drug-likeness (QED) is 0.350. The van der Waals surface area contributed by atoms with E-state index in [2.05, 4.69) is 22.0 Å². The third-order valence-electron chi connectivity index (χ3n) is 3.23. The number of nitrogens with zero attached hydrogens (tertiary/aromatic N) is 3. The standard InChI is InChI=1S/C12H18N4O/c1-8-4-6-16(7-8)12-10(11(13)15-17)9(2)3-5-14-12/h3,5,8,17H,4,6-7H2,1-2H3,(H2,13,15). The van der Waals surface area contributed by atoms with Gasteiger partial charge < -0.3 is 15.8 Å². The molecular weight excluding hydrogens is 216 g/mol. The minimum absolute atomic E-state index is 0.130. The van der Waals surface area contributed by atoms with E-state index in [0.29, 0.717) is 5.92 Å². The molecule has 1 atom stereocenters. The van der Waals surface area contributed by atoms with E-state index in [1.54, 1.807) is 6.20 Å². The van der Waals surface area contributed by atoms with E-state index in [0.717, 1.165) is 36.5 Å². The fourth-order valence-corrected chi connectivity index (χ4v) is 2.28. The lowest BCUT2D eigenvalue weighted by molar-refractivity contribution is 0.318. The Kier molecular flexibility index (Phi) is 3.17. The predicted molar refractivity (Wildman–Crippen MR) is 67.5 cm³/mol. The van der Waals surface area contributed by atoms with Crippen molar-refractivity contribution in [2.75, 3.05) is 18.0 Å². The van der Waals surface area contributed by atoms with Gasteiger partial charge in [-0.05, 0) is 30.9 Å². The van der Waals surface area contributed by atoms with Gasteiger partial charge in [0.25, 0.3) is 0 Å². The van der Waals surface area contributed by atoms with Crippen molar-refractivity contribution < 1.29 is 5.21 Å². The highest BCUT2D eigenvalue weighted by Crippen LogP contribution is 2.26. The highest BCUT2D eigenvalue weighted by atomic mass is 16.4. The molecule has 1 aromatic rings. The molecule has 0 amide bonds. The number of aryl methyl sites for hydroxylation is 1. The topological polar surface area (TPSA) is 74.7 Å². The highest BCUT2D eigenvalue weighted by Gasteiger charge is 2.24. The van der Waals surface area contributed by atoms with Crippen molar-refractivity contribution in [2.45, 2.75) is 20.3 Å². The zero-order valence-electron chi connectivity index (χ0n) is 10.2. The number of aromatic nitrogens is 1. The van der Waals surface area contributed by atoms with Crippen LogP contribution >= 0.6 is 0 Å². The van der Waals surface area contributed by atoms with E-state index >= 15 is 0 Å². The number of anilines is 1. The summed E-state index contributed by atoms with van der Waals surface area (Å²) in [5.74, 6) is 1.62. The first-order valence-electron chi connectivity index (χ1n) is 5.82. The lowest BCUT2D eigenvalue weighted by Crippen LogP contribution is -2.26. The second-order valence-corrected chi connectivity index (χ2v) is 4.65. The van der Waals surface area contributed by atoms with Crippen molar-refractivity contribution in [1.29, 1.82) is 0 Å². The van der Waals surface area contributed by atoms with E-state index in [4.69, 9.17) is 10.9 Å². The third-order valence-corrected chi connectivity index (χ3v) is 3.23. The number of hydrogen-bond acceptors (Lipinski definition) is 4. The fraction of sp³-hybridized carbons (Fsp3) is 0.500. The van der Waals surface area contributed by atoms with Crippen molar-refractivity contribution in [3.8, 4) is 0 Å². The predicted octanol–water partition coefficient (Wildman–Crippen LogP) is 1.33. The molecule has 92 valence electrons. The lowest BCUT2D eigenvalue weighted by atomic mass is 10.1. The summed E-state index contributed by atoms with van der Waals surface area (Å²) in [5, 5.41) is 11.9. The summed E-state index contributed by atoms with van der Waals surface area (Å²) in [6, 6.07) is 1.87. The van der Waals surface area contributed by atoms with Gasteiger partial charge >= 0.3 is 0 Å². The molecule has 0 aromatic carbocycles. The zero-order chi connectivity index (χ0) is 12.4. The molecule has 1 aliphatic rings. The number of oxime groups is 1. The second-order valence-electron chi connectivity index (χ2n) is 4.65. The maximum Gasteiger partial charge on any atom is 0.174 e. The Hall–Kier alpha value is -1.78. The minimum atomic E-state index is 0.130. The van der Waals surface area contributed by atoms with Crippen molar-refractivity contribution in [2.24, 2.45) is 16.8 Å². The van der Waals surface area contributed by atoms with Gasteiger partial charge in [-0.3, -0.25) is 0 Å². The van der Waals surface area contributed by atoms with Crippen LogP contribution in [0.5, 0.6) is 0 Å². The monoisotopic (exact) mass is 234 g/mol. The normalized spacial score (nSPS) is 20.9. The van der Waals surface area contributed by atoms with Gasteiger partial charge in [-0.2, -0.15) is 0 Å². The third kappa shape index (κ3) is 2.18. The van der Waals surface area contributed by atoms with Crippen LogP contribution in [0, 0.1) is 12.8 Å². The Balaban J connectivity index is 2.43. The van der Waals surface area contributed by atoms with E-state index in [9.17, 15) is 0 Å². The Bertz CT molecular complexity index is 444. The fourth-order valence-electron chi connectivity index (χ4n) is 2.28. The molecular formula is C12H18N4O. The Morgan fingerprint density at radius 3 is 3.00 bits per heavy atom. The molecule has 3 N–H and O–H groups in total. The molecule has 17 heavy (non-hydrogen) atoms. The van der Waals surface area contributed by atoms with Gasteiger partial charge in [0.15, 0.2) is 5.84 Å². The highest BCUT2D eigenvalue weighted by molar-refractivity contribution is 6.02. The molecule has 0 saturated carbocycles. The van der Waals surface area contributed by atoms with Gasteiger partial charge in [-0.25, -0.2) is 4.98 Å². The summed E-state index contributed by atoms with van der Waals surface area (Å²) in [7, 11) is 0. The summed E-state index contributed by atoms with van der Waals surface area (Å²) >= 11 is 0. The Morgan fingerprint density at radius 2 is 2.41 bits per heavy atom. The van der Waals surface area contributed by atoms with Crippen molar-refractivity contribution in [3.05, 3.63) is 23.4 Å². The van der Waals surface area contributed by atoms with Gasteiger partial charge in [-0.15, -0.1) is 0 Å². The molecule has 2 rings (SSSR count). The van der Waals surface area contributed by atoms with Crippen LogP contribution in [-0.2, 0) is 0 Å². The number of rotatable bonds is 2. The average Bonchev–Trinajstić information content (AvgIpc) is 2.74. The first kappa shape index (κ1) is 11.7. The van der Waals surface area contributed by atoms with Gasteiger partial charge in [0, 0.05) is 19.3 Å². The molecule has 0 bridgehead atoms. The smallest absolute Gasteiger partial charge is 0.174 e. The van der Waals surface area contributed by atoms with Crippen LogP contribution in [0.25, 0.3) is 0 Å². The summed E-state index contributed by atoms with van der Waals surface area (Å²) in [5.41, 5.74) is 7.45.